The number of rotatable bonds is 6. The number of hydrogen-bond acceptors (Lipinski definition) is 5. The molecule has 1 fully saturated rings. The Kier molecular flexibility index (Phi) is 6.82. The molecule has 0 bridgehead atoms. The minimum absolute atomic E-state index is 0.0887. The van der Waals surface area contributed by atoms with E-state index in [2.05, 4.69) is 0 Å². The Morgan fingerprint density at radius 1 is 1.00 bits per heavy atom. The molecule has 1 unspecified atom stereocenters. The van der Waals surface area contributed by atoms with Gasteiger partial charge in [0.05, 0.1) is 30.9 Å². The topological polar surface area (TPSA) is 76.1 Å². The average Bonchev–Trinajstić information content (AvgIpc) is 3.10. The van der Waals surface area contributed by atoms with Gasteiger partial charge in [-0.3, -0.25) is 14.5 Å². The first-order chi connectivity index (χ1) is 16.3. The zero-order valence-electron chi connectivity index (χ0n) is 18.4. The summed E-state index contributed by atoms with van der Waals surface area (Å²) in [6.07, 6.45) is 0. The van der Waals surface area contributed by atoms with Crippen LogP contribution < -0.4 is 14.4 Å². The van der Waals surface area contributed by atoms with Gasteiger partial charge in [0.1, 0.15) is 17.3 Å². The number of halogens is 2. The van der Waals surface area contributed by atoms with Crippen LogP contribution in [0.4, 0.5) is 5.69 Å². The van der Waals surface area contributed by atoms with Gasteiger partial charge in [-0.1, -0.05) is 35.3 Å². The molecule has 34 heavy (non-hydrogen) atoms. The maximum absolute atomic E-state index is 13.3. The molecule has 0 aromatic heterocycles. The molecule has 4 rings (SSSR count). The third-order valence-corrected chi connectivity index (χ3v) is 5.94. The number of carbonyl (C=O) groups is 2. The fourth-order valence-electron chi connectivity index (χ4n) is 3.97. The molecule has 0 radical (unpaired) electrons. The summed E-state index contributed by atoms with van der Waals surface area (Å²) in [5, 5.41) is 12.2. The first kappa shape index (κ1) is 23.7. The first-order valence-corrected chi connectivity index (χ1v) is 11.2. The Balaban J connectivity index is 1.98. The van der Waals surface area contributed by atoms with Crippen LogP contribution in [0.2, 0.25) is 10.0 Å². The number of benzene rings is 3. The van der Waals surface area contributed by atoms with Crippen molar-refractivity contribution in [1.29, 1.82) is 0 Å². The lowest BCUT2D eigenvalue weighted by Gasteiger charge is -2.26. The van der Waals surface area contributed by atoms with Gasteiger partial charge in [-0.05, 0) is 67.1 Å². The molecule has 1 atom stereocenters. The quantitative estimate of drug-likeness (QED) is 0.255. The number of carbonyl (C=O) groups excluding carboxylic acids is 2. The van der Waals surface area contributed by atoms with Gasteiger partial charge < -0.3 is 14.6 Å². The van der Waals surface area contributed by atoms with E-state index in [4.69, 9.17) is 32.7 Å². The maximum atomic E-state index is 13.3. The fourth-order valence-corrected chi connectivity index (χ4v) is 4.27. The largest absolute Gasteiger partial charge is 0.507 e. The number of nitrogens with zero attached hydrogens (tertiary/aromatic N) is 1. The van der Waals surface area contributed by atoms with Crippen molar-refractivity contribution in [2.75, 3.05) is 18.6 Å². The van der Waals surface area contributed by atoms with Crippen molar-refractivity contribution in [2.45, 2.75) is 13.0 Å². The average molecular weight is 498 g/mol. The van der Waals surface area contributed by atoms with Gasteiger partial charge in [-0.2, -0.15) is 0 Å². The SMILES string of the molecule is CCOc1cccc(C2/C(=C(\O)c3cc(Cl)ccc3OC)C(=O)C(=O)N2c2ccc(Cl)cc2)c1. The zero-order valence-corrected chi connectivity index (χ0v) is 19.9. The Hall–Kier alpha value is -3.48. The second kappa shape index (κ2) is 9.79. The number of aliphatic hydroxyl groups is 1. The lowest BCUT2D eigenvalue weighted by Crippen LogP contribution is -2.29. The lowest BCUT2D eigenvalue weighted by molar-refractivity contribution is -0.132. The second-order valence-electron chi connectivity index (χ2n) is 7.50. The van der Waals surface area contributed by atoms with Gasteiger partial charge in [0.15, 0.2) is 0 Å². The van der Waals surface area contributed by atoms with Gasteiger partial charge in [0, 0.05) is 15.7 Å². The van der Waals surface area contributed by atoms with Crippen molar-refractivity contribution < 1.29 is 24.2 Å². The van der Waals surface area contributed by atoms with Crippen LogP contribution in [0.25, 0.3) is 5.76 Å². The van der Waals surface area contributed by atoms with Crippen LogP contribution >= 0.6 is 23.2 Å². The van der Waals surface area contributed by atoms with Gasteiger partial charge in [-0.15, -0.1) is 0 Å². The van der Waals surface area contributed by atoms with Gasteiger partial charge in [0.2, 0.25) is 0 Å². The summed E-state index contributed by atoms with van der Waals surface area (Å²) in [7, 11) is 1.44. The summed E-state index contributed by atoms with van der Waals surface area (Å²) in [6, 6.07) is 17.3. The summed E-state index contributed by atoms with van der Waals surface area (Å²) in [5.41, 5.74) is 1.15. The van der Waals surface area contributed by atoms with E-state index in [1.165, 1.54) is 18.1 Å². The smallest absolute Gasteiger partial charge is 0.300 e. The van der Waals surface area contributed by atoms with Crippen LogP contribution in [-0.4, -0.2) is 30.5 Å². The Labute approximate surface area is 206 Å². The lowest BCUT2D eigenvalue weighted by atomic mass is 9.94. The molecule has 1 saturated heterocycles. The van der Waals surface area contributed by atoms with E-state index < -0.39 is 17.7 Å². The van der Waals surface area contributed by atoms with Crippen LogP contribution in [0.5, 0.6) is 11.5 Å². The van der Waals surface area contributed by atoms with Crippen molar-refractivity contribution in [2.24, 2.45) is 0 Å². The summed E-state index contributed by atoms with van der Waals surface area (Å²) >= 11 is 12.2. The molecule has 1 aliphatic rings. The van der Waals surface area contributed by atoms with Crippen molar-refractivity contribution in [1.82, 2.24) is 0 Å². The van der Waals surface area contributed by atoms with Crippen molar-refractivity contribution in [3.63, 3.8) is 0 Å². The molecular weight excluding hydrogens is 477 g/mol. The molecule has 0 saturated carbocycles. The molecule has 3 aromatic rings. The number of anilines is 1. The van der Waals surface area contributed by atoms with Crippen LogP contribution in [-0.2, 0) is 9.59 Å². The van der Waals surface area contributed by atoms with Crippen molar-refractivity contribution in [3.05, 3.63) is 93.5 Å². The number of aliphatic hydroxyl groups excluding tert-OH is 1. The van der Waals surface area contributed by atoms with Gasteiger partial charge in [0.25, 0.3) is 11.7 Å². The van der Waals surface area contributed by atoms with Crippen LogP contribution in [0, 0.1) is 0 Å². The summed E-state index contributed by atoms with van der Waals surface area (Å²) in [6.45, 7) is 2.30. The van der Waals surface area contributed by atoms with Gasteiger partial charge >= 0.3 is 0 Å². The number of hydrogen-bond donors (Lipinski definition) is 1. The number of amides is 1. The first-order valence-electron chi connectivity index (χ1n) is 10.5. The molecule has 3 aromatic carbocycles. The molecule has 6 nitrogen and oxygen atoms in total. The van der Waals surface area contributed by atoms with E-state index in [0.717, 1.165) is 0 Å². The minimum atomic E-state index is -0.926. The molecule has 1 aliphatic heterocycles. The Bertz CT molecular complexity index is 1290. The predicted octanol–water partition coefficient (Wildman–Crippen LogP) is 6.03. The molecule has 0 aliphatic carbocycles. The summed E-state index contributed by atoms with van der Waals surface area (Å²) in [4.78, 5) is 27.9. The molecular formula is C26H21Cl2NO5. The molecule has 1 heterocycles. The highest BCUT2D eigenvalue weighted by Gasteiger charge is 2.47. The monoisotopic (exact) mass is 497 g/mol. The normalized spacial score (nSPS) is 17.2. The number of ether oxygens (including phenoxy) is 2. The van der Waals surface area contributed by atoms with E-state index in [9.17, 15) is 14.7 Å². The van der Waals surface area contributed by atoms with Crippen molar-refractivity contribution >= 4 is 46.3 Å². The Morgan fingerprint density at radius 2 is 1.71 bits per heavy atom. The summed E-state index contributed by atoms with van der Waals surface area (Å²) < 4.78 is 11.0. The van der Waals surface area contributed by atoms with Crippen LogP contribution in [0.3, 0.4) is 0 Å². The Morgan fingerprint density at radius 3 is 2.38 bits per heavy atom. The fraction of sp³-hybridized carbons (Fsp3) is 0.154. The minimum Gasteiger partial charge on any atom is -0.507 e. The zero-order chi connectivity index (χ0) is 24.4. The van der Waals surface area contributed by atoms with E-state index in [1.54, 1.807) is 60.7 Å². The van der Waals surface area contributed by atoms with Gasteiger partial charge in [-0.25, -0.2) is 0 Å². The molecule has 174 valence electrons. The highest BCUT2D eigenvalue weighted by atomic mass is 35.5. The van der Waals surface area contributed by atoms with Crippen LogP contribution in [0.1, 0.15) is 24.1 Å². The van der Waals surface area contributed by atoms with Crippen LogP contribution in [0.15, 0.2) is 72.3 Å². The maximum Gasteiger partial charge on any atom is 0.300 e. The third-order valence-electron chi connectivity index (χ3n) is 5.45. The number of ketones is 1. The third kappa shape index (κ3) is 4.34. The molecule has 0 spiro atoms. The predicted molar refractivity (Wildman–Crippen MR) is 132 cm³/mol. The van der Waals surface area contributed by atoms with E-state index >= 15 is 0 Å². The second-order valence-corrected chi connectivity index (χ2v) is 8.37. The number of Topliss-reactive ketones (excluding diaryl/α,β-unsaturated/α-hetero) is 1. The number of methoxy groups -OCH3 is 1. The molecule has 1 N–H and O–H groups in total. The molecule has 8 heteroatoms. The highest BCUT2D eigenvalue weighted by molar-refractivity contribution is 6.51. The van der Waals surface area contributed by atoms with Crippen molar-refractivity contribution in [3.8, 4) is 11.5 Å². The standard InChI is InChI=1S/C26H21Cl2NO5/c1-3-34-19-6-4-5-15(13-19)23-22(24(30)20-14-17(28)9-12-21(20)33-2)25(31)26(32)29(23)18-10-7-16(27)8-11-18/h4-14,23,30H,3H2,1-2H3/b24-22+. The highest BCUT2D eigenvalue weighted by Crippen LogP contribution is 2.44. The van der Waals surface area contributed by atoms with E-state index in [0.29, 0.717) is 39.4 Å². The van der Waals surface area contributed by atoms with E-state index in [1.807, 2.05) is 6.92 Å². The summed E-state index contributed by atoms with van der Waals surface area (Å²) in [5.74, 6) is -1.12. The van der Waals surface area contributed by atoms with E-state index in [-0.39, 0.29) is 16.9 Å². The molecule has 1 amide bonds.